The molecule has 0 saturated heterocycles. The molecule has 18 heavy (non-hydrogen) atoms. The van der Waals surface area contributed by atoms with E-state index in [9.17, 15) is 0 Å². The lowest BCUT2D eigenvalue weighted by atomic mass is 10.3. The van der Waals surface area contributed by atoms with Crippen molar-refractivity contribution in [1.29, 1.82) is 0 Å². The number of hydrogen-bond donors (Lipinski definition) is 0. The number of aryl methyl sites for hydroxylation is 1. The molecule has 6 heteroatoms. The molecule has 0 unspecified atom stereocenters. The van der Waals surface area contributed by atoms with E-state index in [1.807, 2.05) is 50.2 Å². The average molecular weight is 244 g/mol. The molecule has 0 amide bonds. The molecule has 94 valence electrons. The number of azo groups is 1. The van der Waals surface area contributed by atoms with E-state index in [0.29, 0.717) is 5.95 Å². The molecule has 1 aromatic carbocycles. The molecule has 6 nitrogen and oxygen atoms in total. The van der Waals surface area contributed by atoms with E-state index >= 15 is 0 Å². The van der Waals surface area contributed by atoms with Crippen LogP contribution in [0.2, 0.25) is 0 Å². The van der Waals surface area contributed by atoms with Crippen LogP contribution in [0.15, 0.2) is 40.8 Å². The van der Waals surface area contributed by atoms with Crippen LogP contribution in [0.4, 0.5) is 17.3 Å². The van der Waals surface area contributed by atoms with Gasteiger partial charge in [-0.1, -0.05) is 0 Å². The van der Waals surface area contributed by atoms with Gasteiger partial charge in [0, 0.05) is 26.3 Å². The smallest absolute Gasteiger partial charge is 0.267 e. The maximum Gasteiger partial charge on any atom is 0.267 e. The number of hydrogen-bond acceptors (Lipinski definition) is 5. The second-order valence-corrected chi connectivity index (χ2v) is 3.99. The Bertz CT molecular complexity index is 526. The lowest BCUT2D eigenvalue weighted by molar-refractivity contribution is 0.658. The van der Waals surface area contributed by atoms with Crippen LogP contribution in [0.5, 0.6) is 0 Å². The van der Waals surface area contributed by atoms with E-state index in [1.54, 1.807) is 4.68 Å². The Kier molecular flexibility index (Phi) is 3.66. The van der Waals surface area contributed by atoms with Crippen LogP contribution in [0.25, 0.3) is 0 Å². The molecule has 0 aliphatic heterocycles. The predicted octanol–water partition coefficient (Wildman–Crippen LogP) is 2.78. The molecule has 0 aliphatic rings. The normalized spacial score (nSPS) is 11.1. The zero-order chi connectivity index (χ0) is 13.0. The van der Waals surface area contributed by atoms with Gasteiger partial charge in [0.1, 0.15) is 6.33 Å². The Labute approximate surface area is 106 Å². The first-order chi connectivity index (χ1) is 8.70. The third kappa shape index (κ3) is 2.71. The monoisotopic (exact) mass is 244 g/mol. The van der Waals surface area contributed by atoms with E-state index in [0.717, 1.165) is 17.9 Å². The third-order valence-electron chi connectivity index (χ3n) is 2.52. The highest BCUT2D eigenvalue weighted by atomic mass is 15.4. The Morgan fingerprint density at radius 2 is 1.89 bits per heavy atom. The minimum absolute atomic E-state index is 0.522. The van der Waals surface area contributed by atoms with Crippen LogP contribution in [-0.2, 0) is 6.54 Å². The molecule has 0 bridgehead atoms. The highest BCUT2D eigenvalue weighted by Crippen LogP contribution is 2.20. The largest absolute Gasteiger partial charge is 0.378 e. The van der Waals surface area contributed by atoms with E-state index in [-0.39, 0.29) is 0 Å². The van der Waals surface area contributed by atoms with E-state index in [4.69, 9.17) is 0 Å². The lowest BCUT2D eigenvalue weighted by Gasteiger charge is -2.11. The Balaban J connectivity index is 2.14. The number of anilines is 1. The number of benzene rings is 1. The van der Waals surface area contributed by atoms with E-state index < -0.39 is 0 Å². The van der Waals surface area contributed by atoms with Gasteiger partial charge >= 0.3 is 0 Å². The maximum atomic E-state index is 4.14. The van der Waals surface area contributed by atoms with Crippen LogP contribution in [0.3, 0.4) is 0 Å². The summed E-state index contributed by atoms with van der Waals surface area (Å²) < 4.78 is 1.69. The van der Waals surface area contributed by atoms with Crippen molar-refractivity contribution in [2.45, 2.75) is 13.5 Å². The van der Waals surface area contributed by atoms with Crippen LogP contribution >= 0.6 is 0 Å². The fraction of sp³-hybridized carbons (Fsp3) is 0.333. The van der Waals surface area contributed by atoms with Gasteiger partial charge in [-0.15, -0.1) is 10.2 Å². The summed E-state index contributed by atoms with van der Waals surface area (Å²) in [7, 11) is 4.00. The third-order valence-corrected chi connectivity index (χ3v) is 2.52. The van der Waals surface area contributed by atoms with Crippen molar-refractivity contribution in [3.05, 3.63) is 30.6 Å². The molecule has 1 heterocycles. The number of aromatic nitrogens is 3. The molecular weight excluding hydrogens is 228 g/mol. The van der Waals surface area contributed by atoms with Gasteiger partial charge in [0.25, 0.3) is 5.95 Å². The molecule has 0 saturated carbocycles. The van der Waals surface area contributed by atoms with Crippen molar-refractivity contribution >= 4 is 17.3 Å². The van der Waals surface area contributed by atoms with E-state index in [1.165, 1.54) is 6.33 Å². The molecule has 1 aromatic heterocycles. The van der Waals surface area contributed by atoms with Gasteiger partial charge in [-0.25, -0.2) is 4.68 Å². The highest BCUT2D eigenvalue weighted by molar-refractivity contribution is 5.51. The average Bonchev–Trinajstić information content (AvgIpc) is 2.84. The molecule has 0 radical (unpaired) electrons. The molecule has 0 fully saturated rings. The molecule has 2 aromatic rings. The van der Waals surface area contributed by atoms with Gasteiger partial charge in [-0.2, -0.15) is 10.1 Å². The predicted molar refractivity (Wildman–Crippen MR) is 70.6 cm³/mol. The summed E-state index contributed by atoms with van der Waals surface area (Å²) in [6.07, 6.45) is 1.48. The van der Waals surface area contributed by atoms with Crippen molar-refractivity contribution in [2.75, 3.05) is 19.0 Å². The zero-order valence-electron chi connectivity index (χ0n) is 10.8. The summed E-state index contributed by atoms with van der Waals surface area (Å²) in [4.78, 5) is 6.07. The summed E-state index contributed by atoms with van der Waals surface area (Å²) in [6, 6.07) is 7.84. The molecule has 0 aliphatic carbocycles. The quantitative estimate of drug-likeness (QED) is 0.777. The SMILES string of the molecule is CCn1ncnc1N=Nc1ccc(N(C)C)cc1. The second kappa shape index (κ2) is 5.39. The number of rotatable bonds is 4. The van der Waals surface area contributed by atoms with Crippen LogP contribution in [-0.4, -0.2) is 28.9 Å². The van der Waals surface area contributed by atoms with Crippen molar-refractivity contribution in [3.63, 3.8) is 0 Å². The molecule has 0 atom stereocenters. The van der Waals surface area contributed by atoms with Gasteiger partial charge < -0.3 is 4.90 Å². The van der Waals surface area contributed by atoms with Gasteiger partial charge in [0.2, 0.25) is 0 Å². The first-order valence-electron chi connectivity index (χ1n) is 5.77. The summed E-state index contributed by atoms with van der Waals surface area (Å²) >= 11 is 0. The van der Waals surface area contributed by atoms with Crippen LogP contribution in [0.1, 0.15) is 6.92 Å². The summed E-state index contributed by atoms with van der Waals surface area (Å²) in [5, 5.41) is 12.3. The minimum atomic E-state index is 0.522. The Hall–Kier alpha value is -2.24. The lowest BCUT2D eigenvalue weighted by Crippen LogP contribution is -2.07. The van der Waals surface area contributed by atoms with Crippen molar-refractivity contribution < 1.29 is 0 Å². The van der Waals surface area contributed by atoms with E-state index in [2.05, 4.69) is 20.3 Å². The molecular formula is C12H16N6. The Morgan fingerprint density at radius 1 is 1.17 bits per heavy atom. The van der Waals surface area contributed by atoms with Gasteiger partial charge in [-0.05, 0) is 31.2 Å². The highest BCUT2D eigenvalue weighted by Gasteiger charge is 2.00. The zero-order valence-corrected chi connectivity index (χ0v) is 10.8. The van der Waals surface area contributed by atoms with Crippen LogP contribution in [0, 0.1) is 0 Å². The molecule has 0 N–H and O–H groups in total. The minimum Gasteiger partial charge on any atom is -0.378 e. The second-order valence-electron chi connectivity index (χ2n) is 3.99. The summed E-state index contributed by atoms with van der Waals surface area (Å²) in [5.41, 5.74) is 1.93. The van der Waals surface area contributed by atoms with Crippen molar-refractivity contribution in [3.8, 4) is 0 Å². The van der Waals surface area contributed by atoms with Gasteiger partial charge in [-0.3, -0.25) is 0 Å². The van der Waals surface area contributed by atoms with Crippen molar-refractivity contribution in [2.24, 2.45) is 10.2 Å². The van der Waals surface area contributed by atoms with Gasteiger partial charge in [0.15, 0.2) is 0 Å². The molecule has 0 spiro atoms. The first kappa shape index (κ1) is 12.2. The standard InChI is InChI=1S/C12H16N6/c1-4-18-12(13-9-14-18)16-15-10-5-7-11(8-6-10)17(2)3/h5-9H,4H2,1-3H3. The summed E-state index contributed by atoms with van der Waals surface area (Å²) in [6.45, 7) is 2.72. The first-order valence-corrected chi connectivity index (χ1v) is 5.77. The fourth-order valence-corrected chi connectivity index (χ4v) is 1.48. The summed E-state index contributed by atoms with van der Waals surface area (Å²) in [5.74, 6) is 0.522. The Morgan fingerprint density at radius 3 is 2.50 bits per heavy atom. The topological polar surface area (TPSA) is 58.7 Å². The van der Waals surface area contributed by atoms with Gasteiger partial charge in [0.05, 0.1) is 5.69 Å². The fourth-order valence-electron chi connectivity index (χ4n) is 1.48. The number of nitrogens with zero attached hydrogens (tertiary/aromatic N) is 6. The maximum absolute atomic E-state index is 4.14. The molecule has 2 rings (SSSR count). The van der Waals surface area contributed by atoms with Crippen LogP contribution < -0.4 is 4.90 Å². The van der Waals surface area contributed by atoms with Crippen molar-refractivity contribution in [1.82, 2.24) is 14.8 Å².